The van der Waals surface area contributed by atoms with E-state index >= 15 is 0 Å². The molecule has 3 rings (SSSR count). The molecule has 0 unspecified atom stereocenters. The Morgan fingerprint density at radius 1 is 1.22 bits per heavy atom. The van der Waals surface area contributed by atoms with E-state index in [1.807, 2.05) is 28.8 Å². The fourth-order valence-corrected chi connectivity index (χ4v) is 1.74. The van der Waals surface area contributed by atoms with Gasteiger partial charge in [0, 0.05) is 11.9 Å². The van der Waals surface area contributed by atoms with Crippen molar-refractivity contribution in [3.05, 3.63) is 43.0 Å². The number of rotatable bonds is 3. The van der Waals surface area contributed by atoms with Crippen molar-refractivity contribution in [1.82, 2.24) is 25.0 Å². The topological polar surface area (TPSA) is 68.6 Å². The van der Waals surface area contributed by atoms with Gasteiger partial charge in [0.1, 0.15) is 12.1 Å². The minimum atomic E-state index is 0.744. The van der Waals surface area contributed by atoms with Gasteiger partial charge in [0.05, 0.1) is 18.9 Å². The highest BCUT2D eigenvalue weighted by Gasteiger charge is 2.09. The third-order valence-corrected chi connectivity index (χ3v) is 2.65. The molecule has 6 heteroatoms. The lowest BCUT2D eigenvalue weighted by atomic mass is 10.2. The van der Waals surface area contributed by atoms with Gasteiger partial charge in [-0.05, 0) is 24.3 Å². The number of H-pyrrole nitrogens is 1. The van der Waals surface area contributed by atoms with Gasteiger partial charge in [0.25, 0.3) is 0 Å². The Labute approximate surface area is 103 Å². The molecule has 0 saturated heterocycles. The van der Waals surface area contributed by atoms with Crippen LogP contribution in [0.4, 0.5) is 0 Å². The molecule has 0 bridgehead atoms. The molecule has 0 spiro atoms. The Morgan fingerprint density at radius 3 is 2.72 bits per heavy atom. The predicted octanol–water partition coefficient (Wildman–Crippen LogP) is 1.67. The molecule has 2 aromatic heterocycles. The second-order valence-electron chi connectivity index (χ2n) is 3.71. The van der Waals surface area contributed by atoms with E-state index in [2.05, 4.69) is 20.4 Å². The monoisotopic (exact) mass is 241 g/mol. The zero-order valence-corrected chi connectivity index (χ0v) is 9.74. The van der Waals surface area contributed by atoms with Crippen LogP contribution in [0.2, 0.25) is 0 Å². The summed E-state index contributed by atoms with van der Waals surface area (Å²) < 4.78 is 7.03. The predicted molar refractivity (Wildman–Crippen MR) is 65.5 cm³/mol. The number of nitrogens with one attached hydrogen (secondary N) is 1. The average Bonchev–Trinajstić information content (AvgIpc) is 3.09. The van der Waals surface area contributed by atoms with Crippen LogP contribution in [-0.4, -0.2) is 32.1 Å². The van der Waals surface area contributed by atoms with Crippen LogP contribution in [0.1, 0.15) is 0 Å². The van der Waals surface area contributed by atoms with E-state index in [4.69, 9.17) is 4.74 Å². The summed E-state index contributed by atoms with van der Waals surface area (Å²) >= 11 is 0. The molecule has 2 heterocycles. The molecule has 0 aliphatic heterocycles. The molecule has 0 aliphatic carbocycles. The first-order chi connectivity index (χ1) is 8.88. The van der Waals surface area contributed by atoms with Crippen molar-refractivity contribution in [1.29, 1.82) is 0 Å². The molecule has 18 heavy (non-hydrogen) atoms. The number of hydrogen-bond acceptors (Lipinski definition) is 4. The molecule has 0 fully saturated rings. The molecule has 90 valence electrons. The number of methoxy groups -OCH3 is 1. The number of hydrogen-bond donors (Lipinski definition) is 1. The highest BCUT2D eigenvalue weighted by atomic mass is 16.5. The van der Waals surface area contributed by atoms with Gasteiger partial charge in [-0.3, -0.25) is 9.67 Å². The van der Waals surface area contributed by atoms with Crippen LogP contribution in [0.15, 0.2) is 43.0 Å². The fraction of sp³-hybridized carbons (Fsp3) is 0.0833. The second-order valence-corrected chi connectivity index (χ2v) is 3.71. The number of ether oxygens (including phenoxy) is 1. The van der Waals surface area contributed by atoms with Crippen LogP contribution in [0.25, 0.3) is 17.1 Å². The van der Waals surface area contributed by atoms with E-state index in [1.54, 1.807) is 25.8 Å². The Bertz CT molecular complexity index is 627. The van der Waals surface area contributed by atoms with Gasteiger partial charge in [0.15, 0.2) is 5.82 Å². The first kappa shape index (κ1) is 10.5. The van der Waals surface area contributed by atoms with Crippen molar-refractivity contribution in [2.24, 2.45) is 0 Å². The van der Waals surface area contributed by atoms with E-state index in [-0.39, 0.29) is 0 Å². The van der Waals surface area contributed by atoms with Crippen LogP contribution in [0.3, 0.4) is 0 Å². The van der Waals surface area contributed by atoms with Crippen molar-refractivity contribution in [3.63, 3.8) is 0 Å². The van der Waals surface area contributed by atoms with Gasteiger partial charge >= 0.3 is 0 Å². The molecular weight excluding hydrogens is 230 g/mol. The lowest BCUT2D eigenvalue weighted by molar-refractivity contribution is 0.415. The van der Waals surface area contributed by atoms with Crippen LogP contribution in [0.5, 0.6) is 5.75 Å². The molecule has 0 amide bonds. The van der Waals surface area contributed by atoms with Crippen LogP contribution in [0, 0.1) is 0 Å². The van der Waals surface area contributed by atoms with Gasteiger partial charge in [-0.25, -0.2) is 0 Å². The molecule has 3 aromatic rings. The van der Waals surface area contributed by atoms with Gasteiger partial charge in [-0.15, -0.1) is 10.2 Å². The number of aromatic amines is 1. The molecule has 0 atom stereocenters. The Morgan fingerprint density at radius 2 is 2.06 bits per heavy atom. The summed E-state index contributed by atoms with van der Waals surface area (Å²) in [6, 6.07) is 7.69. The smallest absolute Gasteiger partial charge is 0.171 e. The lowest BCUT2D eigenvalue weighted by Crippen LogP contribution is -1.95. The Balaban J connectivity index is 2.04. The maximum atomic E-state index is 5.13. The number of benzene rings is 1. The largest absolute Gasteiger partial charge is 0.497 e. The van der Waals surface area contributed by atoms with Gasteiger partial charge in [0.2, 0.25) is 0 Å². The fourth-order valence-electron chi connectivity index (χ4n) is 1.74. The number of aromatic nitrogens is 5. The summed E-state index contributed by atoms with van der Waals surface area (Å²) in [5.74, 6) is 1.56. The van der Waals surface area contributed by atoms with Crippen molar-refractivity contribution in [2.45, 2.75) is 0 Å². The quantitative estimate of drug-likeness (QED) is 0.757. The zero-order valence-electron chi connectivity index (χ0n) is 9.74. The SMILES string of the molecule is COc1ccc(-n2cnnc2-c2cn[nH]c2)cc1. The van der Waals surface area contributed by atoms with Crippen molar-refractivity contribution >= 4 is 0 Å². The third kappa shape index (κ3) is 1.73. The second kappa shape index (κ2) is 4.33. The minimum Gasteiger partial charge on any atom is -0.497 e. The summed E-state index contributed by atoms with van der Waals surface area (Å²) in [5, 5.41) is 14.7. The Hall–Kier alpha value is -2.63. The summed E-state index contributed by atoms with van der Waals surface area (Å²) in [6.07, 6.45) is 5.16. The molecule has 1 N–H and O–H groups in total. The molecule has 0 aliphatic rings. The maximum absolute atomic E-state index is 5.13. The molecule has 6 nitrogen and oxygen atoms in total. The van der Waals surface area contributed by atoms with Crippen LogP contribution < -0.4 is 4.74 Å². The van der Waals surface area contributed by atoms with E-state index in [9.17, 15) is 0 Å². The van der Waals surface area contributed by atoms with Gasteiger partial charge < -0.3 is 4.74 Å². The summed E-state index contributed by atoms with van der Waals surface area (Å²) in [4.78, 5) is 0. The van der Waals surface area contributed by atoms with Gasteiger partial charge in [-0.1, -0.05) is 0 Å². The van der Waals surface area contributed by atoms with Crippen molar-refractivity contribution < 1.29 is 4.74 Å². The highest BCUT2D eigenvalue weighted by Crippen LogP contribution is 2.20. The average molecular weight is 241 g/mol. The normalized spacial score (nSPS) is 10.5. The highest BCUT2D eigenvalue weighted by molar-refractivity contribution is 5.56. The third-order valence-electron chi connectivity index (χ3n) is 2.65. The van der Waals surface area contributed by atoms with E-state index < -0.39 is 0 Å². The summed E-state index contributed by atoms with van der Waals surface area (Å²) in [5.41, 5.74) is 1.86. The maximum Gasteiger partial charge on any atom is 0.171 e. The zero-order chi connectivity index (χ0) is 12.4. The summed E-state index contributed by atoms with van der Waals surface area (Å²) in [6.45, 7) is 0. The summed E-state index contributed by atoms with van der Waals surface area (Å²) in [7, 11) is 1.64. The molecular formula is C12H11N5O. The standard InChI is InChI=1S/C12H11N5O/c1-18-11-4-2-10(3-5-11)17-8-15-16-12(17)9-6-13-14-7-9/h2-8H,1H3,(H,13,14). The van der Waals surface area contributed by atoms with E-state index in [0.717, 1.165) is 22.8 Å². The van der Waals surface area contributed by atoms with E-state index in [0.29, 0.717) is 0 Å². The minimum absolute atomic E-state index is 0.744. The number of nitrogens with zero attached hydrogens (tertiary/aromatic N) is 4. The van der Waals surface area contributed by atoms with Crippen molar-refractivity contribution in [3.8, 4) is 22.8 Å². The first-order valence-corrected chi connectivity index (χ1v) is 5.42. The first-order valence-electron chi connectivity index (χ1n) is 5.42. The lowest BCUT2D eigenvalue weighted by Gasteiger charge is -2.06. The van der Waals surface area contributed by atoms with Crippen LogP contribution >= 0.6 is 0 Å². The molecule has 0 saturated carbocycles. The van der Waals surface area contributed by atoms with Crippen LogP contribution in [-0.2, 0) is 0 Å². The van der Waals surface area contributed by atoms with Gasteiger partial charge in [-0.2, -0.15) is 5.10 Å². The Kier molecular flexibility index (Phi) is 2.53. The molecule has 0 radical (unpaired) electrons. The van der Waals surface area contributed by atoms with Crippen molar-refractivity contribution in [2.75, 3.05) is 7.11 Å². The van der Waals surface area contributed by atoms with E-state index in [1.165, 1.54) is 0 Å². The molecule has 1 aromatic carbocycles.